The molecule has 0 aliphatic heterocycles. The maximum absolute atomic E-state index is 5.45. The molecule has 0 bridgehead atoms. The van der Waals surface area contributed by atoms with Crippen LogP contribution in [-0.4, -0.2) is 31.7 Å². The van der Waals surface area contributed by atoms with Crippen molar-refractivity contribution in [3.8, 4) is 0 Å². The molecule has 0 heterocycles. The van der Waals surface area contributed by atoms with E-state index in [2.05, 4.69) is 38.9 Å². The summed E-state index contributed by atoms with van der Waals surface area (Å²) in [5, 5.41) is 0. The topological polar surface area (TPSA) is 12.5 Å². The third-order valence-corrected chi connectivity index (χ3v) is 2.30. The maximum Gasteiger partial charge on any atom is 0.0641 e. The second-order valence-electron chi connectivity index (χ2n) is 4.17. The molecule has 2 heteroatoms. The Hall–Kier alpha value is -0.500. The van der Waals surface area contributed by atoms with Crippen molar-refractivity contribution in [2.75, 3.05) is 26.8 Å². The van der Waals surface area contributed by atoms with E-state index in [-0.39, 0.29) is 0 Å². The minimum Gasteiger partial charge on any atom is -0.380 e. The van der Waals surface area contributed by atoms with Crippen molar-refractivity contribution in [1.29, 1.82) is 0 Å². The molecule has 0 unspecified atom stereocenters. The van der Waals surface area contributed by atoms with Crippen molar-refractivity contribution in [2.24, 2.45) is 0 Å². The molecule has 0 atom stereocenters. The highest BCUT2D eigenvalue weighted by Crippen LogP contribution is 2.06. The van der Waals surface area contributed by atoms with E-state index in [0.29, 0.717) is 0 Å². The van der Waals surface area contributed by atoms with Gasteiger partial charge in [0, 0.05) is 20.2 Å². The van der Waals surface area contributed by atoms with Crippen LogP contribution >= 0.6 is 0 Å². The monoisotopic (exact) mass is 213 g/mol. The third-order valence-electron chi connectivity index (χ3n) is 2.30. The number of ether oxygens (including phenoxy) is 1. The lowest BCUT2D eigenvalue weighted by atomic mass is 10.1. The van der Waals surface area contributed by atoms with E-state index in [9.17, 15) is 0 Å². The molecule has 0 rings (SSSR count). The fourth-order valence-corrected chi connectivity index (χ4v) is 1.42. The van der Waals surface area contributed by atoms with Gasteiger partial charge in [0.25, 0.3) is 0 Å². The van der Waals surface area contributed by atoms with Gasteiger partial charge in [0.05, 0.1) is 6.61 Å². The van der Waals surface area contributed by atoms with Crippen molar-refractivity contribution in [3.63, 3.8) is 0 Å². The molecule has 0 amide bonds. The van der Waals surface area contributed by atoms with Gasteiger partial charge in [0.2, 0.25) is 0 Å². The van der Waals surface area contributed by atoms with Crippen LogP contribution in [0.1, 0.15) is 46.5 Å². The SMILES string of the molecule is CCCC/C(C)=C/N(C)CCOCCC. The lowest BCUT2D eigenvalue weighted by Gasteiger charge is -2.15. The second kappa shape index (κ2) is 10.0. The first-order chi connectivity index (χ1) is 7.20. The first-order valence-corrected chi connectivity index (χ1v) is 6.16. The van der Waals surface area contributed by atoms with Crippen LogP contribution in [0, 0.1) is 0 Å². The summed E-state index contributed by atoms with van der Waals surface area (Å²) < 4.78 is 5.45. The summed E-state index contributed by atoms with van der Waals surface area (Å²) in [6.45, 7) is 9.28. The van der Waals surface area contributed by atoms with E-state index < -0.39 is 0 Å². The van der Waals surface area contributed by atoms with Crippen LogP contribution in [0.5, 0.6) is 0 Å². The minimum atomic E-state index is 0.835. The van der Waals surface area contributed by atoms with Crippen LogP contribution in [0.15, 0.2) is 11.8 Å². The Balaban J connectivity index is 3.56. The van der Waals surface area contributed by atoms with Gasteiger partial charge in [-0.15, -0.1) is 0 Å². The van der Waals surface area contributed by atoms with Gasteiger partial charge in [0.1, 0.15) is 0 Å². The van der Waals surface area contributed by atoms with E-state index in [1.165, 1.54) is 24.8 Å². The number of hydrogen-bond acceptors (Lipinski definition) is 2. The third kappa shape index (κ3) is 9.80. The summed E-state index contributed by atoms with van der Waals surface area (Å²) >= 11 is 0. The van der Waals surface area contributed by atoms with Crippen LogP contribution in [0.2, 0.25) is 0 Å². The lowest BCUT2D eigenvalue weighted by Crippen LogP contribution is -2.18. The summed E-state index contributed by atoms with van der Waals surface area (Å²) in [4.78, 5) is 2.22. The summed E-state index contributed by atoms with van der Waals surface area (Å²) in [5.41, 5.74) is 1.47. The van der Waals surface area contributed by atoms with Gasteiger partial charge in [-0.1, -0.05) is 25.8 Å². The Morgan fingerprint density at radius 2 is 1.93 bits per heavy atom. The van der Waals surface area contributed by atoms with Gasteiger partial charge in [-0.05, 0) is 32.4 Å². The highest BCUT2D eigenvalue weighted by atomic mass is 16.5. The molecule has 0 aromatic rings. The molecule has 0 saturated heterocycles. The zero-order valence-electron chi connectivity index (χ0n) is 10.9. The number of likely N-dealkylation sites (N-methyl/N-ethyl adjacent to an activating group) is 1. The molecule has 0 aliphatic carbocycles. The van der Waals surface area contributed by atoms with E-state index in [0.717, 1.165) is 26.2 Å². The van der Waals surface area contributed by atoms with Crippen LogP contribution in [-0.2, 0) is 4.74 Å². The largest absolute Gasteiger partial charge is 0.380 e. The predicted octanol–water partition coefficient (Wildman–Crippen LogP) is 3.44. The molecule has 0 aliphatic rings. The molecule has 0 spiro atoms. The number of hydrogen-bond donors (Lipinski definition) is 0. The normalized spacial score (nSPS) is 11.9. The van der Waals surface area contributed by atoms with E-state index >= 15 is 0 Å². The molecule has 0 fully saturated rings. The summed E-state index contributed by atoms with van der Waals surface area (Å²) in [6.07, 6.45) is 7.13. The number of unbranched alkanes of at least 4 members (excludes halogenated alkanes) is 1. The highest BCUT2D eigenvalue weighted by Gasteiger charge is 1.94. The molecule has 0 radical (unpaired) electrons. The Bertz CT molecular complexity index is 166. The van der Waals surface area contributed by atoms with Gasteiger partial charge in [0.15, 0.2) is 0 Å². The predicted molar refractivity (Wildman–Crippen MR) is 67.0 cm³/mol. The van der Waals surface area contributed by atoms with Crippen LogP contribution in [0.4, 0.5) is 0 Å². The molecule has 0 aromatic carbocycles. The van der Waals surface area contributed by atoms with E-state index in [4.69, 9.17) is 4.74 Å². The Kier molecular flexibility index (Phi) is 9.70. The summed E-state index contributed by atoms with van der Waals surface area (Å²) in [7, 11) is 2.12. The smallest absolute Gasteiger partial charge is 0.0641 e. The standard InChI is InChI=1S/C13H27NO/c1-5-7-8-13(3)12-14(4)9-11-15-10-6-2/h12H,5-11H2,1-4H3/b13-12+. The number of rotatable bonds is 9. The molecule has 90 valence electrons. The highest BCUT2D eigenvalue weighted by molar-refractivity contribution is 4.96. The van der Waals surface area contributed by atoms with Gasteiger partial charge in [-0.3, -0.25) is 0 Å². The van der Waals surface area contributed by atoms with Crippen LogP contribution < -0.4 is 0 Å². The fourth-order valence-electron chi connectivity index (χ4n) is 1.42. The summed E-state index contributed by atoms with van der Waals surface area (Å²) in [6, 6.07) is 0. The average molecular weight is 213 g/mol. The Morgan fingerprint density at radius 3 is 2.53 bits per heavy atom. The van der Waals surface area contributed by atoms with Crippen molar-refractivity contribution in [2.45, 2.75) is 46.5 Å². The number of allylic oxidation sites excluding steroid dienone is 1. The Labute approximate surface area is 95.3 Å². The zero-order valence-corrected chi connectivity index (χ0v) is 10.9. The van der Waals surface area contributed by atoms with Gasteiger partial charge in [-0.2, -0.15) is 0 Å². The van der Waals surface area contributed by atoms with Gasteiger partial charge < -0.3 is 9.64 Å². The van der Waals surface area contributed by atoms with Gasteiger partial charge >= 0.3 is 0 Å². The molecular weight excluding hydrogens is 186 g/mol. The van der Waals surface area contributed by atoms with Crippen molar-refractivity contribution in [1.82, 2.24) is 4.90 Å². The zero-order chi connectivity index (χ0) is 11.5. The average Bonchev–Trinajstić information content (AvgIpc) is 2.21. The van der Waals surface area contributed by atoms with E-state index in [1.807, 2.05) is 0 Å². The second-order valence-corrected chi connectivity index (χ2v) is 4.17. The quantitative estimate of drug-likeness (QED) is 0.544. The summed E-state index contributed by atoms with van der Waals surface area (Å²) in [5.74, 6) is 0. The molecule has 0 aromatic heterocycles. The molecule has 0 N–H and O–H groups in total. The molecular formula is C13H27NO. The van der Waals surface area contributed by atoms with Crippen molar-refractivity contribution < 1.29 is 4.74 Å². The lowest BCUT2D eigenvalue weighted by molar-refractivity contribution is 0.122. The number of nitrogens with zero attached hydrogens (tertiary/aromatic N) is 1. The van der Waals surface area contributed by atoms with Crippen LogP contribution in [0.25, 0.3) is 0 Å². The van der Waals surface area contributed by atoms with Gasteiger partial charge in [-0.25, -0.2) is 0 Å². The van der Waals surface area contributed by atoms with Crippen molar-refractivity contribution >= 4 is 0 Å². The maximum atomic E-state index is 5.45. The van der Waals surface area contributed by atoms with Crippen molar-refractivity contribution in [3.05, 3.63) is 11.8 Å². The first-order valence-electron chi connectivity index (χ1n) is 6.16. The Morgan fingerprint density at radius 1 is 1.20 bits per heavy atom. The fraction of sp³-hybridized carbons (Fsp3) is 0.846. The molecule has 15 heavy (non-hydrogen) atoms. The van der Waals surface area contributed by atoms with Crippen LogP contribution in [0.3, 0.4) is 0 Å². The molecule has 0 saturated carbocycles. The first kappa shape index (κ1) is 14.5. The molecule has 2 nitrogen and oxygen atoms in total. The van der Waals surface area contributed by atoms with E-state index in [1.54, 1.807) is 0 Å². The minimum absolute atomic E-state index is 0.835.